The molecular formula is C27H23NO. The summed E-state index contributed by atoms with van der Waals surface area (Å²) in [7, 11) is 0. The third kappa shape index (κ3) is 2.35. The number of benzene rings is 4. The zero-order valence-electron chi connectivity index (χ0n) is 16.6. The lowest BCUT2D eigenvalue weighted by molar-refractivity contribution is 0.470. The van der Waals surface area contributed by atoms with Gasteiger partial charge in [-0.05, 0) is 70.5 Å². The number of aromatic hydroxyl groups is 1. The maximum atomic E-state index is 10.2. The van der Waals surface area contributed by atoms with E-state index in [1.54, 1.807) is 6.07 Å². The topological polar surface area (TPSA) is 46.2 Å². The Hall–Kier alpha value is -3.52. The molecule has 142 valence electrons. The highest BCUT2D eigenvalue weighted by Gasteiger charge is 2.46. The van der Waals surface area contributed by atoms with Gasteiger partial charge < -0.3 is 10.8 Å². The minimum atomic E-state index is -0.454. The van der Waals surface area contributed by atoms with Crippen LogP contribution in [-0.2, 0) is 5.41 Å². The van der Waals surface area contributed by atoms with Crippen molar-refractivity contribution < 1.29 is 5.11 Å². The Morgan fingerprint density at radius 3 is 1.72 bits per heavy atom. The Balaban J connectivity index is 1.97. The van der Waals surface area contributed by atoms with E-state index >= 15 is 0 Å². The first-order chi connectivity index (χ1) is 14.0. The molecule has 0 spiro atoms. The Labute approximate surface area is 171 Å². The van der Waals surface area contributed by atoms with E-state index in [1.165, 1.54) is 27.8 Å². The molecule has 4 aromatic rings. The number of aryl methyl sites for hydroxylation is 2. The summed E-state index contributed by atoms with van der Waals surface area (Å²) in [6.07, 6.45) is 0. The van der Waals surface area contributed by atoms with E-state index in [0.717, 1.165) is 22.4 Å². The van der Waals surface area contributed by atoms with Crippen LogP contribution in [-0.4, -0.2) is 5.11 Å². The molecule has 0 heterocycles. The lowest BCUT2D eigenvalue weighted by Crippen LogP contribution is -2.28. The Bertz CT molecular complexity index is 1160. The summed E-state index contributed by atoms with van der Waals surface area (Å²) in [5, 5.41) is 10.2. The molecule has 0 unspecified atom stereocenters. The van der Waals surface area contributed by atoms with Gasteiger partial charge in [-0.3, -0.25) is 0 Å². The van der Waals surface area contributed by atoms with E-state index in [9.17, 15) is 5.11 Å². The van der Waals surface area contributed by atoms with Gasteiger partial charge in [-0.15, -0.1) is 0 Å². The summed E-state index contributed by atoms with van der Waals surface area (Å²) in [4.78, 5) is 0. The highest BCUT2D eigenvalue weighted by molar-refractivity contribution is 5.86. The molecule has 0 saturated carbocycles. The number of rotatable bonds is 2. The quantitative estimate of drug-likeness (QED) is 0.373. The van der Waals surface area contributed by atoms with Crippen molar-refractivity contribution in [2.24, 2.45) is 0 Å². The number of hydrogen-bond donors (Lipinski definition) is 2. The second kappa shape index (κ2) is 6.25. The number of nitrogens with two attached hydrogens (primary N) is 1. The standard InChI is InChI=1S/C27H23NO/c1-17-15-19(11-13-25(17)28)27(20-12-14-26(29)18(2)16-20)23-9-5-3-7-21(23)22-8-4-6-10-24(22)27/h3-16,29H,28H2,1-2H3. The van der Waals surface area contributed by atoms with Gasteiger partial charge in [0.15, 0.2) is 0 Å². The molecular weight excluding hydrogens is 354 g/mol. The van der Waals surface area contributed by atoms with Crippen molar-refractivity contribution in [1.82, 2.24) is 0 Å². The van der Waals surface area contributed by atoms with E-state index in [2.05, 4.69) is 73.7 Å². The molecule has 29 heavy (non-hydrogen) atoms. The molecule has 0 amide bonds. The van der Waals surface area contributed by atoms with Gasteiger partial charge in [0, 0.05) is 5.69 Å². The molecule has 5 rings (SSSR count). The largest absolute Gasteiger partial charge is 0.508 e. The van der Waals surface area contributed by atoms with Crippen LogP contribution in [0.15, 0.2) is 84.9 Å². The van der Waals surface area contributed by atoms with Gasteiger partial charge in [0.2, 0.25) is 0 Å². The number of anilines is 1. The number of phenolic OH excluding ortho intramolecular Hbond substituents is 1. The van der Waals surface area contributed by atoms with Gasteiger partial charge in [0.1, 0.15) is 5.75 Å². The van der Waals surface area contributed by atoms with Gasteiger partial charge in [-0.1, -0.05) is 72.8 Å². The average molecular weight is 377 g/mol. The molecule has 0 aromatic heterocycles. The van der Waals surface area contributed by atoms with Gasteiger partial charge in [-0.25, -0.2) is 0 Å². The van der Waals surface area contributed by atoms with E-state index in [1.807, 2.05) is 19.1 Å². The van der Waals surface area contributed by atoms with Crippen LogP contribution in [0.25, 0.3) is 11.1 Å². The first-order valence-corrected chi connectivity index (χ1v) is 9.89. The fraction of sp³-hybridized carbons (Fsp3) is 0.111. The normalized spacial score (nSPS) is 13.7. The molecule has 0 aliphatic heterocycles. The van der Waals surface area contributed by atoms with Crippen LogP contribution < -0.4 is 5.73 Å². The fourth-order valence-corrected chi connectivity index (χ4v) is 4.82. The summed E-state index contributed by atoms with van der Waals surface area (Å²) >= 11 is 0. The summed E-state index contributed by atoms with van der Waals surface area (Å²) in [6, 6.07) is 29.6. The van der Waals surface area contributed by atoms with Crippen molar-refractivity contribution in [2.45, 2.75) is 19.3 Å². The van der Waals surface area contributed by atoms with Gasteiger partial charge >= 0.3 is 0 Å². The van der Waals surface area contributed by atoms with Crippen LogP contribution in [0, 0.1) is 13.8 Å². The Morgan fingerprint density at radius 2 is 1.17 bits per heavy atom. The predicted octanol–water partition coefficient (Wildman–Crippen LogP) is 5.95. The minimum absolute atomic E-state index is 0.317. The molecule has 3 N–H and O–H groups in total. The summed E-state index contributed by atoms with van der Waals surface area (Å²) in [5.41, 5.74) is 15.8. The first-order valence-electron chi connectivity index (χ1n) is 9.89. The highest BCUT2D eigenvalue weighted by atomic mass is 16.3. The lowest BCUT2D eigenvalue weighted by atomic mass is 9.67. The molecule has 2 nitrogen and oxygen atoms in total. The van der Waals surface area contributed by atoms with Crippen molar-refractivity contribution in [1.29, 1.82) is 0 Å². The number of fused-ring (bicyclic) bond motifs is 3. The monoisotopic (exact) mass is 377 g/mol. The van der Waals surface area contributed by atoms with E-state index < -0.39 is 5.41 Å². The molecule has 0 saturated heterocycles. The van der Waals surface area contributed by atoms with Crippen LogP contribution in [0.1, 0.15) is 33.4 Å². The Kier molecular flexibility index (Phi) is 3.78. The molecule has 0 atom stereocenters. The Morgan fingerprint density at radius 1 is 0.655 bits per heavy atom. The molecule has 0 fully saturated rings. The van der Waals surface area contributed by atoms with Crippen molar-refractivity contribution in [3.05, 3.63) is 118 Å². The fourth-order valence-electron chi connectivity index (χ4n) is 4.82. The molecule has 1 aliphatic rings. The predicted molar refractivity (Wildman–Crippen MR) is 119 cm³/mol. The summed E-state index contributed by atoms with van der Waals surface area (Å²) in [5.74, 6) is 0.317. The zero-order valence-corrected chi connectivity index (χ0v) is 16.6. The first kappa shape index (κ1) is 17.6. The maximum absolute atomic E-state index is 10.2. The number of hydrogen-bond acceptors (Lipinski definition) is 2. The number of phenols is 1. The highest BCUT2D eigenvalue weighted by Crippen LogP contribution is 2.56. The van der Waals surface area contributed by atoms with Crippen LogP contribution in [0.3, 0.4) is 0 Å². The number of nitrogen functional groups attached to an aromatic ring is 1. The maximum Gasteiger partial charge on any atom is 0.118 e. The minimum Gasteiger partial charge on any atom is -0.508 e. The van der Waals surface area contributed by atoms with Gasteiger partial charge in [0.05, 0.1) is 5.41 Å². The van der Waals surface area contributed by atoms with Crippen LogP contribution in [0.2, 0.25) is 0 Å². The summed E-state index contributed by atoms with van der Waals surface area (Å²) < 4.78 is 0. The molecule has 0 radical (unpaired) electrons. The molecule has 1 aliphatic carbocycles. The van der Waals surface area contributed by atoms with Crippen LogP contribution in [0.4, 0.5) is 5.69 Å². The smallest absolute Gasteiger partial charge is 0.118 e. The van der Waals surface area contributed by atoms with Crippen molar-refractivity contribution >= 4 is 5.69 Å². The van der Waals surface area contributed by atoms with Crippen molar-refractivity contribution in [2.75, 3.05) is 5.73 Å². The van der Waals surface area contributed by atoms with E-state index in [4.69, 9.17) is 5.73 Å². The van der Waals surface area contributed by atoms with Crippen LogP contribution in [0.5, 0.6) is 5.75 Å². The van der Waals surface area contributed by atoms with E-state index in [-0.39, 0.29) is 0 Å². The second-order valence-corrected chi connectivity index (χ2v) is 7.91. The molecule has 4 aromatic carbocycles. The van der Waals surface area contributed by atoms with E-state index in [0.29, 0.717) is 5.75 Å². The van der Waals surface area contributed by atoms with Gasteiger partial charge in [0.25, 0.3) is 0 Å². The molecule has 0 bridgehead atoms. The van der Waals surface area contributed by atoms with Crippen LogP contribution >= 0.6 is 0 Å². The second-order valence-electron chi connectivity index (χ2n) is 7.91. The third-order valence-electron chi connectivity index (χ3n) is 6.28. The third-order valence-corrected chi connectivity index (χ3v) is 6.28. The molecule has 2 heteroatoms. The van der Waals surface area contributed by atoms with Gasteiger partial charge in [-0.2, -0.15) is 0 Å². The van der Waals surface area contributed by atoms with Crippen molar-refractivity contribution in [3.8, 4) is 16.9 Å². The zero-order chi connectivity index (χ0) is 20.2. The SMILES string of the molecule is Cc1cc(C2(c3ccc(O)c(C)c3)c3ccccc3-c3ccccc32)ccc1N. The summed E-state index contributed by atoms with van der Waals surface area (Å²) in [6.45, 7) is 4.01. The lowest BCUT2D eigenvalue weighted by Gasteiger charge is -2.34. The average Bonchev–Trinajstić information content (AvgIpc) is 3.04. The van der Waals surface area contributed by atoms with Crippen molar-refractivity contribution in [3.63, 3.8) is 0 Å².